The molecule has 9 heteroatoms. The minimum Gasteiger partial charge on any atom is -0.480 e. The van der Waals surface area contributed by atoms with Crippen LogP contribution in [0.25, 0.3) is 21.9 Å². The zero-order valence-electron chi connectivity index (χ0n) is 16.9. The van der Waals surface area contributed by atoms with E-state index in [1.54, 1.807) is 13.0 Å². The van der Waals surface area contributed by atoms with E-state index in [2.05, 4.69) is 10.6 Å². The van der Waals surface area contributed by atoms with Gasteiger partial charge in [0.05, 0.1) is 6.54 Å². The molecule has 2 amide bonds. The third kappa shape index (κ3) is 4.35. The molecule has 3 rings (SSSR count). The van der Waals surface area contributed by atoms with Crippen LogP contribution in [0, 0.1) is 20.8 Å². The molecule has 0 spiro atoms. The zero-order valence-corrected chi connectivity index (χ0v) is 16.9. The number of hydrogen-bond donors (Lipinski definition) is 3. The van der Waals surface area contributed by atoms with Crippen molar-refractivity contribution in [1.82, 2.24) is 10.6 Å². The van der Waals surface area contributed by atoms with E-state index in [4.69, 9.17) is 13.9 Å². The summed E-state index contributed by atoms with van der Waals surface area (Å²) >= 11 is 0. The molecule has 2 heterocycles. The lowest BCUT2D eigenvalue weighted by molar-refractivity contribution is -0.137. The van der Waals surface area contributed by atoms with E-state index in [1.807, 2.05) is 19.9 Å². The van der Waals surface area contributed by atoms with Gasteiger partial charge in [-0.05, 0) is 44.4 Å². The molecule has 0 aliphatic rings. The van der Waals surface area contributed by atoms with Gasteiger partial charge in [0, 0.05) is 28.8 Å². The number of carboxylic acid groups (broad SMARTS) is 1. The van der Waals surface area contributed by atoms with Gasteiger partial charge in [0.15, 0.2) is 0 Å². The molecule has 0 unspecified atom stereocenters. The first-order valence-corrected chi connectivity index (χ1v) is 9.38. The highest BCUT2D eigenvalue weighted by Crippen LogP contribution is 2.31. The van der Waals surface area contributed by atoms with Gasteiger partial charge in [-0.3, -0.25) is 14.4 Å². The predicted octanol–water partition coefficient (Wildman–Crippen LogP) is 1.71. The number of nitrogens with one attached hydrogen (secondary N) is 2. The largest absolute Gasteiger partial charge is 0.480 e. The highest BCUT2D eigenvalue weighted by atomic mass is 16.4. The van der Waals surface area contributed by atoms with E-state index in [9.17, 15) is 19.2 Å². The van der Waals surface area contributed by atoms with Crippen LogP contribution in [-0.4, -0.2) is 36.0 Å². The standard InChI is InChI=1S/C21H22N2O7/c1-10-12(3)29-16-7-17-15(6-14(10)16)11(2)13(21(28)30-17)4-5-18(24)22-8-19(25)23-9-20(26)27/h6-7H,4-5,8-9H2,1-3H3,(H,22,24)(H,23,25)(H,26,27). The van der Waals surface area contributed by atoms with Crippen LogP contribution in [0.5, 0.6) is 0 Å². The monoisotopic (exact) mass is 414 g/mol. The summed E-state index contributed by atoms with van der Waals surface area (Å²) in [7, 11) is 0. The fraction of sp³-hybridized carbons (Fsp3) is 0.333. The summed E-state index contributed by atoms with van der Waals surface area (Å²) in [6, 6.07) is 3.62. The van der Waals surface area contributed by atoms with Crippen molar-refractivity contribution in [2.45, 2.75) is 33.6 Å². The molecule has 3 aromatic rings. The molecule has 0 aliphatic carbocycles. The average molecular weight is 414 g/mol. The molecule has 1 aromatic carbocycles. The number of carbonyl (C=O) groups is 3. The topological polar surface area (TPSA) is 139 Å². The lowest BCUT2D eigenvalue weighted by Gasteiger charge is -2.09. The molecule has 0 bridgehead atoms. The fourth-order valence-corrected chi connectivity index (χ4v) is 3.26. The van der Waals surface area contributed by atoms with Crippen molar-refractivity contribution in [3.63, 3.8) is 0 Å². The van der Waals surface area contributed by atoms with Gasteiger partial charge in [0.25, 0.3) is 0 Å². The third-order valence-corrected chi connectivity index (χ3v) is 5.07. The second-order valence-corrected chi connectivity index (χ2v) is 7.07. The Labute approximate surface area is 171 Å². The van der Waals surface area contributed by atoms with E-state index in [0.29, 0.717) is 16.7 Å². The van der Waals surface area contributed by atoms with Gasteiger partial charge in [0.1, 0.15) is 23.5 Å². The number of rotatable bonds is 7. The molecule has 9 nitrogen and oxygen atoms in total. The van der Waals surface area contributed by atoms with Crippen LogP contribution in [0.2, 0.25) is 0 Å². The number of aryl methyl sites for hydroxylation is 3. The minimum absolute atomic E-state index is 0.0184. The second-order valence-electron chi connectivity index (χ2n) is 7.07. The van der Waals surface area contributed by atoms with Crippen LogP contribution in [0.15, 0.2) is 25.8 Å². The molecule has 0 aliphatic heterocycles. The maximum atomic E-state index is 12.4. The quantitative estimate of drug-likeness (QED) is 0.500. The van der Waals surface area contributed by atoms with Crippen molar-refractivity contribution >= 4 is 39.7 Å². The van der Waals surface area contributed by atoms with Gasteiger partial charge in [-0.25, -0.2) is 4.79 Å². The van der Waals surface area contributed by atoms with Gasteiger partial charge < -0.3 is 24.6 Å². The summed E-state index contributed by atoms with van der Waals surface area (Å²) in [5, 5.41) is 14.8. The first-order chi connectivity index (χ1) is 14.2. The highest BCUT2D eigenvalue weighted by molar-refractivity contribution is 5.96. The van der Waals surface area contributed by atoms with Crippen molar-refractivity contribution < 1.29 is 28.3 Å². The summed E-state index contributed by atoms with van der Waals surface area (Å²) in [6.07, 6.45) is 0.128. The van der Waals surface area contributed by atoms with Gasteiger partial charge in [-0.1, -0.05) is 0 Å². The van der Waals surface area contributed by atoms with Crippen molar-refractivity contribution in [2.75, 3.05) is 13.1 Å². The molecular formula is C21H22N2O7. The number of hydrogen-bond acceptors (Lipinski definition) is 6. The molecule has 0 radical (unpaired) electrons. The number of benzene rings is 1. The van der Waals surface area contributed by atoms with Crippen LogP contribution in [0.4, 0.5) is 0 Å². The van der Waals surface area contributed by atoms with Gasteiger partial charge in [-0.15, -0.1) is 0 Å². The summed E-state index contributed by atoms with van der Waals surface area (Å²) in [5.41, 5.74) is 2.68. The van der Waals surface area contributed by atoms with Crippen LogP contribution >= 0.6 is 0 Å². The summed E-state index contributed by atoms with van der Waals surface area (Å²) in [6.45, 7) is 4.78. The fourth-order valence-electron chi connectivity index (χ4n) is 3.26. The van der Waals surface area contributed by atoms with E-state index in [0.717, 1.165) is 27.7 Å². The number of aliphatic carboxylic acids is 1. The molecule has 2 aromatic heterocycles. The van der Waals surface area contributed by atoms with Gasteiger partial charge >= 0.3 is 11.6 Å². The van der Waals surface area contributed by atoms with Crippen LogP contribution in [0.3, 0.4) is 0 Å². The Balaban J connectivity index is 1.74. The first kappa shape index (κ1) is 21.1. The summed E-state index contributed by atoms with van der Waals surface area (Å²) in [4.78, 5) is 46.3. The number of furan rings is 1. The number of carboxylic acids is 1. The molecule has 0 fully saturated rings. The minimum atomic E-state index is -1.17. The Morgan fingerprint density at radius 2 is 1.53 bits per heavy atom. The average Bonchev–Trinajstić information content (AvgIpc) is 2.96. The second kappa shape index (κ2) is 8.40. The SMILES string of the molecule is Cc1oc2cc3oc(=O)c(CCC(=O)NCC(=O)NCC(=O)O)c(C)c3cc2c1C. The maximum absolute atomic E-state index is 12.4. The van der Waals surface area contributed by atoms with E-state index in [-0.39, 0.29) is 19.4 Å². The van der Waals surface area contributed by atoms with Crippen molar-refractivity contribution in [2.24, 2.45) is 0 Å². The Bertz CT molecular complexity index is 1220. The Morgan fingerprint density at radius 3 is 2.23 bits per heavy atom. The van der Waals surface area contributed by atoms with E-state index >= 15 is 0 Å². The molecular weight excluding hydrogens is 392 g/mol. The van der Waals surface area contributed by atoms with Crippen LogP contribution in [-0.2, 0) is 20.8 Å². The van der Waals surface area contributed by atoms with Gasteiger partial charge in [0.2, 0.25) is 11.8 Å². The molecule has 0 saturated heterocycles. The lowest BCUT2D eigenvalue weighted by Crippen LogP contribution is -2.39. The van der Waals surface area contributed by atoms with Gasteiger partial charge in [-0.2, -0.15) is 0 Å². The van der Waals surface area contributed by atoms with E-state index < -0.39 is 30.0 Å². The van der Waals surface area contributed by atoms with Crippen molar-refractivity contribution in [3.05, 3.63) is 45.0 Å². The Kier molecular flexibility index (Phi) is 5.91. The molecule has 0 saturated carbocycles. The number of carbonyl (C=O) groups excluding carboxylic acids is 2. The number of fused-ring (bicyclic) bond motifs is 2. The molecule has 30 heavy (non-hydrogen) atoms. The highest BCUT2D eigenvalue weighted by Gasteiger charge is 2.16. The molecule has 3 N–H and O–H groups in total. The summed E-state index contributed by atoms with van der Waals surface area (Å²) in [5.74, 6) is -1.42. The lowest BCUT2D eigenvalue weighted by atomic mass is 10.0. The van der Waals surface area contributed by atoms with Crippen molar-refractivity contribution in [3.8, 4) is 0 Å². The smallest absolute Gasteiger partial charge is 0.339 e. The van der Waals surface area contributed by atoms with Crippen molar-refractivity contribution in [1.29, 1.82) is 0 Å². The normalized spacial score (nSPS) is 11.0. The van der Waals surface area contributed by atoms with Crippen LogP contribution in [0.1, 0.15) is 28.9 Å². The Morgan fingerprint density at radius 1 is 0.900 bits per heavy atom. The third-order valence-electron chi connectivity index (χ3n) is 5.07. The number of amides is 2. The molecule has 0 atom stereocenters. The Hall–Kier alpha value is -3.62. The predicted molar refractivity (Wildman–Crippen MR) is 108 cm³/mol. The van der Waals surface area contributed by atoms with Crippen LogP contribution < -0.4 is 16.3 Å². The molecule has 158 valence electrons. The maximum Gasteiger partial charge on any atom is 0.339 e. The summed E-state index contributed by atoms with van der Waals surface area (Å²) < 4.78 is 11.1. The zero-order chi connectivity index (χ0) is 22.0. The first-order valence-electron chi connectivity index (χ1n) is 9.38. The van der Waals surface area contributed by atoms with E-state index in [1.165, 1.54) is 0 Å².